The predicted molar refractivity (Wildman–Crippen MR) is 352 cm³/mol. The number of nitro benzene ring substituents is 6. The molecule has 96 heavy (non-hydrogen) atoms. The lowest BCUT2D eigenvalue weighted by atomic mass is 10.0. The highest BCUT2D eigenvalue weighted by Crippen LogP contribution is 2.41. The number of benzene rings is 7. The second-order valence-electron chi connectivity index (χ2n) is 20.9. The molecule has 3 aromatic heterocycles. The van der Waals surface area contributed by atoms with E-state index in [2.05, 4.69) is 24.1 Å². The molecule has 5 N–H and O–H groups in total. The molecule has 0 saturated carbocycles. The highest BCUT2D eigenvalue weighted by atomic mass is 32.2. The molecule has 0 radical (unpaired) electrons. The van der Waals surface area contributed by atoms with Crippen LogP contribution in [0.15, 0.2) is 197 Å². The Morgan fingerprint density at radius 2 is 0.552 bits per heavy atom. The SMILES string of the molecule is O=[N+]([O-])c1ccc(S(=O)(=O)Nc2ccc(-c3c4nc(c(-c5ccc(NS(=O)(=O)c6ccc([N+](=O)[O-])cc6[N+](=O)[O-])cc5)c5ccc([nH]5)c(-c5ccc(NS(=O)(=O)c6ccc([N+](=O)[O-])cc6[N+](=O)[O-])cc5)c5nc(c(-c6ccccc6)c6ccc3[nH]6)C=C5)C=C4)cc2)c([N+](=O)[O-])c1. The van der Waals surface area contributed by atoms with Crippen molar-refractivity contribution in [1.29, 1.82) is 0 Å². The van der Waals surface area contributed by atoms with E-state index in [0.29, 0.717) is 102 Å². The summed E-state index contributed by atoms with van der Waals surface area (Å²) >= 11 is 0. The Bertz CT molecular complexity index is 5480. The lowest BCUT2D eigenvalue weighted by Crippen LogP contribution is -2.15. The fourth-order valence-corrected chi connectivity index (χ4v) is 14.4. The molecule has 0 spiro atoms. The first-order chi connectivity index (χ1) is 45.7. The third kappa shape index (κ3) is 12.3. The van der Waals surface area contributed by atoms with Crippen LogP contribution in [-0.2, 0) is 30.1 Å². The molecule has 5 heterocycles. The molecule has 8 bridgehead atoms. The van der Waals surface area contributed by atoms with Crippen LogP contribution in [0, 0.1) is 60.7 Å². The number of H-pyrrole nitrogens is 2. The third-order valence-corrected chi connectivity index (χ3v) is 19.3. The molecule has 10 aromatic rings. The molecule has 478 valence electrons. The summed E-state index contributed by atoms with van der Waals surface area (Å²) in [5.74, 6) is 0. The van der Waals surface area contributed by atoms with Gasteiger partial charge >= 0.3 is 0 Å². The number of rotatable bonds is 19. The lowest BCUT2D eigenvalue weighted by Gasteiger charge is -2.11. The molecule has 2 aliphatic heterocycles. The van der Waals surface area contributed by atoms with Gasteiger partial charge < -0.3 is 9.97 Å². The molecule has 2 aliphatic rings. The van der Waals surface area contributed by atoms with Crippen molar-refractivity contribution in [2.24, 2.45) is 0 Å². The number of nitro groups is 6. The topological polar surface area (TPSA) is 455 Å². The van der Waals surface area contributed by atoms with Gasteiger partial charge in [-0.15, -0.1) is 0 Å². The van der Waals surface area contributed by atoms with Crippen LogP contribution >= 0.6 is 0 Å². The zero-order valence-corrected chi connectivity index (χ0v) is 50.7. The second-order valence-corrected chi connectivity index (χ2v) is 25.9. The maximum atomic E-state index is 13.8. The van der Waals surface area contributed by atoms with E-state index in [1.54, 1.807) is 66.8 Å². The van der Waals surface area contributed by atoms with Crippen LogP contribution in [0.3, 0.4) is 0 Å². The molecule has 0 amide bonds. The number of nitrogens with one attached hydrogen (secondary N) is 5. The van der Waals surface area contributed by atoms with Crippen LogP contribution < -0.4 is 14.2 Å². The van der Waals surface area contributed by atoms with Gasteiger partial charge in [0, 0.05) is 79.6 Å². The van der Waals surface area contributed by atoms with Gasteiger partial charge in [0.15, 0.2) is 14.7 Å². The minimum atomic E-state index is -4.78. The van der Waals surface area contributed by atoms with Gasteiger partial charge in [0.2, 0.25) is 0 Å². The quantitative estimate of drug-likeness (QED) is 0.0371. The zero-order valence-electron chi connectivity index (χ0n) is 48.3. The van der Waals surface area contributed by atoms with E-state index in [1.165, 1.54) is 48.5 Å². The molecule has 0 fully saturated rings. The summed E-state index contributed by atoms with van der Waals surface area (Å²) in [6, 6.07) is 40.2. The smallest absolute Gasteiger partial charge is 0.296 e. The van der Waals surface area contributed by atoms with Gasteiger partial charge in [-0.05, 0) is 125 Å². The van der Waals surface area contributed by atoms with E-state index >= 15 is 0 Å². The van der Waals surface area contributed by atoms with Gasteiger partial charge in [-0.2, -0.15) is 0 Å². The van der Waals surface area contributed by atoms with Crippen LogP contribution in [0.2, 0.25) is 0 Å². The third-order valence-electron chi connectivity index (χ3n) is 15.0. The highest BCUT2D eigenvalue weighted by molar-refractivity contribution is 7.93. The number of aromatic nitrogens is 4. The number of hydrogen-bond donors (Lipinski definition) is 5. The van der Waals surface area contributed by atoms with Crippen molar-refractivity contribution >= 4 is 128 Å². The van der Waals surface area contributed by atoms with Crippen LogP contribution in [-0.4, -0.2) is 74.7 Å². The first kappa shape index (κ1) is 63.0. The fraction of sp³-hybridized carbons (Fsp3) is 0. The van der Waals surface area contributed by atoms with Crippen molar-refractivity contribution in [3.05, 3.63) is 265 Å². The normalized spacial score (nSPS) is 12.0. The number of hydrogen-bond acceptors (Lipinski definition) is 20. The summed E-state index contributed by atoms with van der Waals surface area (Å²) in [7, 11) is -14.3. The van der Waals surface area contributed by atoms with E-state index in [0.717, 1.165) is 42.0 Å². The van der Waals surface area contributed by atoms with Crippen LogP contribution in [0.4, 0.5) is 51.2 Å². The van der Waals surface area contributed by atoms with Gasteiger partial charge in [-0.25, -0.2) is 35.2 Å². The van der Waals surface area contributed by atoms with Crippen molar-refractivity contribution in [2.75, 3.05) is 14.2 Å². The summed E-state index contributed by atoms with van der Waals surface area (Å²) in [5.41, 5.74) is 1.78. The molecule has 12 rings (SSSR count). The zero-order chi connectivity index (χ0) is 68.1. The first-order valence-electron chi connectivity index (χ1n) is 27.6. The number of non-ortho nitro benzene ring substituents is 3. The van der Waals surface area contributed by atoms with Crippen LogP contribution in [0.25, 0.3) is 90.9 Å². The molecular formula is C62H39N13O18S3. The van der Waals surface area contributed by atoms with E-state index in [-0.39, 0.29) is 17.1 Å². The van der Waals surface area contributed by atoms with Crippen molar-refractivity contribution in [3.63, 3.8) is 0 Å². The highest BCUT2D eigenvalue weighted by Gasteiger charge is 2.32. The van der Waals surface area contributed by atoms with Crippen molar-refractivity contribution in [2.45, 2.75) is 14.7 Å². The number of aromatic amines is 2. The average Bonchev–Trinajstić information content (AvgIpc) is 1.73. The van der Waals surface area contributed by atoms with E-state index in [1.807, 2.05) is 36.4 Å². The summed E-state index contributed by atoms with van der Waals surface area (Å²) in [4.78, 5) is 79.4. The molecule has 0 aliphatic carbocycles. The Morgan fingerprint density at radius 1 is 0.302 bits per heavy atom. The maximum Gasteiger partial charge on any atom is 0.296 e. The van der Waals surface area contributed by atoms with Gasteiger partial charge in [0.05, 0.1) is 70.5 Å². The summed E-state index contributed by atoms with van der Waals surface area (Å²) in [6.45, 7) is 0. The summed E-state index contributed by atoms with van der Waals surface area (Å²) in [5, 5.41) is 70.3. The predicted octanol–water partition coefficient (Wildman–Crippen LogP) is 13.2. The molecule has 0 saturated heterocycles. The average molecular weight is 1350 g/mol. The molecule has 0 unspecified atom stereocenters. The Balaban J connectivity index is 1.04. The Kier molecular flexibility index (Phi) is 16.0. The summed E-state index contributed by atoms with van der Waals surface area (Å²) in [6.07, 6.45) is 6.94. The molecule has 0 atom stereocenters. The lowest BCUT2D eigenvalue weighted by molar-refractivity contribution is -0.396. The monoisotopic (exact) mass is 1350 g/mol. The minimum absolute atomic E-state index is 0.0547. The minimum Gasteiger partial charge on any atom is -0.354 e. The largest absolute Gasteiger partial charge is 0.354 e. The van der Waals surface area contributed by atoms with Gasteiger partial charge in [0.25, 0.3) is 64.2 Å². The first-order valence-corrected chi connectivity index (χ1v) is 32.1. The van der Waals surface area contributed by atoms with Gasteiger partial charge in [0.1, 0.15) is 0 Å². The van der Waals surface area contributed by atoms with Crippen molar-refractivity contribution in [1.82, 2.24) is 19.9 Å². The number of fused-ring (bicyclic) bond motifs is 8. The van der Waals surface area contributed by atoms with E-state index < -0.39 is 108 Å². The van der Waals surface area contributed by atoms with Crippen LogP contribution in [0.5, 0.6) is 0 Å². The molecule has 34 heteroatoms. The fourth-order valence-electron chi connectivity index (χ4n) is 10.7. The Hall–Kier alpha value is -13.2. The second kappa shape index (κ2) is 24.4. The number of nitrogens with zero attached hydrogens (tertiary/aromatic N) is 8. The van der Waals surface area contributed by atoms with Crippen molar-refractivity contribution < 1.29 is 54.8 Å². The Morgan fingerprint density at radius 3 is 0.792 bits per heavy atom. The number of anilines is 3. The standard InChI is InChI=1S/C62H39N13O18S3/c76-70(77)42-18-29-56(53(32-42)73(82)83)94(88,89)67-39-12-6-36(7-13-39)60-47-23-21-45(63-47)59(35-4-2-1-3-5-35)46-22-24-48(64-46)61(37-8-14-40(15-9-37)68-95(90,91)57-30-19-43(71(78)79)33-54(57)74(84)85)50-26-28-52(66-50)62(51-27-25-49(60)65-51)38-10-16-41(17-11-38)69-96(92,93)58-31-20-44(72(80)81)34-55(58)75(86)87/h1-34,63,66-69H. The molecule has 31 nitrogen and oxygen atoms in total. The van der Waals surface area contributed by atoms with Crippen molar-refractivity contribution in [3.8, 4) is 44.5 Å². The Labute approximate surface area is 538 Å². The van der Waals surface area contributed by atoms with E-state index in [9.17, 15) is 85.9 Å². The molecular weight excluding hydrogens is 1310 g/mol. The van der Waals surface area contributed by atoms with Crippen LogP contribution in [0.1, 0.15) is 22.8 Å². The van der Waals surface area contributed by atoms with Gasteiger partial charge in [-0.3, -0.25) is 74.9 Å². The number of sulfonamides is 3. The van der Waals surface area contributed by atoms with Gasteiger partial charge in [-0.1, -0.05) is 66.7 Å². The molecule has 7 aromatic carbocycles. The van der Waals surface area contributed by atoms with E-state index in [4.69, 9.17) is 9.97 Å². The maximum absolute atomic E-state index is 13.8. The summed E-state index contributed by atoms with van der Waals surface area (Å²) < 4.78 is 89.5.